The summed E-state index contributed by atoms with van der Waals surface area (Å²) in [6.45, 7) is 9.65. The predicted octanol–water partition coefficient (Wildman–Crippen LogP) is 19.8. The molecule has 0 fully saturated rings. The smallest absolute Gasteiger partial charge is 0.252 e. The molecule has 0 radical (unpaired) electrons. The lowest BCUT2D eigenvalue weighted by atomic mass is 9.33. The molecular weight excluding hydrogens is 1000 g/mol. The van der Waals surface area contributed by atoms with Crippen LogP contribution in [0.3, 0.4) is 0 Å². The highest BCUT2D eigenvalue weighted by atomic mass is 15.2. The second kappa shape index (κ2) is 20.1. The Morgan fingerprint density at radius 1 is 0.277 bits per heavy atom. The molecule has 3 heteroatoms. The average Bonchev–Trinajstić information content (AvgIpc) is 3.30. The van der Waals surface area contributed by atoms with Crippen LogP contribution in [0, 0.1) is 0 Å². The van der Waals surface area contributed by atoms with Gasteiger partial charge >= 0.3 is 0 Å². The van der Waals surface area contributed by atoms with E-state index in [4.69, 9.17) is 0 Å². The van der Waals surface area contributed by atoms with Crippen LogP contribution in [0.15, 0.2) is 285 Å². The van der Waals surface area contributed by atoms with Gasteiger partial charge in [-0.15, -0.1) is 0 Å². The predicted molar refractivity (Wildman–Crippen MR) is 354 cm³/mol. The van der Waals surface area contributed by atoms with Crippen LogP contribution in [-0.4, -0.2) is 6.71 Å². The highest BCUT2D eigenvalue weighted by Crippen LogP contribution is 2.55. The molecule has 2 aliphatic heterocycles. The van der Waals surface area contributed by atoms with Crippen molar-refractivity contribution < 1.29 is 0 Å². The van der Waals surface area contributed by atoms with Crippen LogP contribution >= 0.6 is 0 Å². The van der Waals surface area contributed by atoms with Gasteiger partial charge in [0.25, 0.3) is 6.71 Å². The summed E-state index contributed by atoms with van der Waals surface area (Å²) in [6.07, 6.45) is 2.29. The van der Waals surface area contributed by atoms with E-state index >= 15 is 0 Å². The summed E-state index contributed by atoms with van der Waals surface area (Å²) >= 11 is 0. The van der Waals surface area contributed by atoms with Gasteiger partial charge in [-0.05, 0) is 131 Å². The maximum absolute atomic E-state index is 2.67. The molecule has 0 spiro atoms. The van der Waals surface area contributed by atoms with E-state index in [2.05, 4.69) is 323 Å². The zero-order valence-electron chi connectivity index (χ0n) is 47.5. The first-order chi connectivity index (χ1) is 40.7. The number of hydrogen-bond acceptors (Lipinski definition) is 2. The summed E-state index contributed by atoms with van der Waals surface area (Å²) in [7, 11) is 0. The first kappa shape index (κ1) is 50.3. The van der Waals surface area contributed by atoms with Crippen molar-refractivity contribution in [2.75, 3.05) is 9.80 Å². The van der Waals surface area contributed by atoms with Gasteiger partial charge in [-0.1, -0.05) is 289 Å². The summed E-state index contributed by atoms with van der Waals surface area (Å²) in [5.74, 6) is 0. The molecule has 0 saturated carbocycles. The number of rotatable bonds is 9. The molecule has 0 bridgehead atoms. The van der Waals surface area contributed by atoms with E-state index in [0.717, 1.165) is 80.1 Å². The van der Waals surface area contributed by atoms with Gasteiger partial charge in [-0.25, -0.2) is 0 Å². The van der Waals surface area contributed by atoms with Gasteiger partial charge in [0.1, 0.15) is 0 Å². The molecule has 83 heavy (non-hydrogen) atoms. The van der Waals surface area contributed by atoms with Crippen LogP contribution in [0.25, 0.3) is 77.9 Å². The zero-order valence-corrected chi connectivity index (χ0v) is 47.5. The van der Waals surface area contributed by atoms with Crippen LogP contribution in [0.5, 0.6) is 0 Å². The minimum absolute atomic E-state index is 0.0126. The molecule has 0 amide bonds. The van der Waals surface area contributed by atoms with Crippen molar-refractivity contribution >= 4 is 57.2 Å². The van der Waals surface area contributed by atoms with Crippen molar-refractivity contribution in [3.05, 3.63) is 296 Å². The number of anilines is 6. The Labute approximate surface area is 489 Å². The summed E-state index contributed by atoms with van der Waals surface area (Å²) < 4.78 is 0. The van der Waals surface area contributed by atoms with E-state index in [9.17, 15) is 0 Å². The Morgan fingerprint density at radius 3 is 1.06 bits per heavy atom. The van der Waals surface area contributed by atoms with Crippen LogP contribution in [-0.2, 0) is 10.8 Å². The SMILES string of the molecule is CC1(C)CCC(C)(C)c2c(-c3ccc4c(c3)B3c5cc(-c6ccccc6)ccc5N(c5c(-c6ccccc6)cccc5-c5ccccc5)c5cc(-c6ccccc6)cc(c53)N4c3c(-c4ccccc4)cccc3-c3ccccc3)cccc21. The first-order valence-electron chi connectivity index (χ1n) is 29.5. The number of nitrogens with zero attached hydrogens (tertiary/aromatic N) is 2. The van der Waals surface area contributed by atoms with Gasteiger partial charge < -0.3 is 9.80 Å². The number of hydrogen-bond donors (Lipinski definition) is 0. The van der Waals surface area contributed by atoms with Gasteiger partial charge in [0.05, 0.1) is 11.4 Å². The van der Waals surface area contributed by atoms with Crippen molar-refractivity contribution in [2.45, 2.75) is 51.4 Å². The summed E-state index contributed by atoms with van der Waals surface area (Å²) in [5, 5.41) is 0. The Kier molecular flexibility index (Phi) is 12.2. The largest absolute Gasteiger partial charge is 0.310 e. The minimum atomic E-state index is -0.178. The van der Waals surface area contributed by atoms with Crippen molar-refractivity contribution in [2.24, 2.45) is 0 Å². The van der Waals surface area contributed by atoms with Crippen LogP contribution < -0.4 is 26.2 Å². The Balaban J connectivity index is 1.13. The van der Waals surface area contributed by atoms with Gasteiger partial charge in [0.2, 0.25) is 0 Å². The molecule has 0 N–H and O–H groups in total. The third-order valence-corrected chi connectivity index (χ3v) is 18.3. The van der Waals surface area contributed by atoms with Gasteiger partial charge in [-0.3, -0.25) is 0 Å². The second-order valence-electron chi connectivity index (χ2n) is 24.2. The maximum Gasteiger partial charge on any atom is 0.252 e. The molecule has 2 nitrogen and oxygen atoms in total. The van der Waals surface area contributed by atoms with E-state index in [1.807, 2.05) is 0 Å². The molecule has 15 rings (SSSR count). The highest BCUT2D eigenvalue weighted by molar-refractivity contribution is 7.00. The third-order valence-electron chi connectivity index (χ3n) is 18.3. The Morgan fingerprint density at radius 2 is 0.627 bits per heavy atom. The van der Waals surface area contributed by atoms with Crippen molar-refractivity contribution in [1.82, 2.24) is 0 Å². The summed E-state index contributed by atoms with van der Waals surface area (Å²) in [5.41, 5.74) is 30.3. The molecule has 0 atom stereocenters. The standard InChI is InChI=1S/C80H63BN2/c1-79(2)48-49-80(3,4)75-63(38-25-43-68(75)79)61-45-47-72-70(51-61)81-69-50-60(54-26-11-5-12-27-54)44-46-71(69)82(77-64(56-30-15-7-16-31-56)39-23-40-65(77)57-32-17-8-18-33-57)73-52-62(55-28-13-6-14-29-55)53-74(76(73)81)83(72)78-66(58-34-19-9-20-35-58)41-24-42-67(78)59-36-21-10-22-37-59/h5-47,50-53H,48-49H2,1-4H3. The lowest BCUT2D eigenvalue weighted by Crippen LogP contribution is -2.61. The summed E-state index contributed by atoms with van der Waals surface area (Å²) in [4.78, 5) is 5.33. The van der Waals surface area contributed by atoms with Gasteiger partial charge in [0, 0.05) is 45.0 Å². The van der Waals surface area contributed by atoms with Crippen LogP contribution in [0.2, 0.25) is 0 Å². The fourth-order valence-corrected chi connectivity index (χ4v) is 14.2. The number of fused-ring (bicyclic) bond motifs is 5. The molecule has 3 aliphatic rings. The van der Waals surface area contributed by atoms with Gasteiger partial charge in [-0.2, -0.15) is 0 Å². The Bertz CT molecular complexity index is 4290. The molecule has 12 aromatic carbocycles. The molecule has 0 aromatic heterocycles. The second-order valence-corrected chi connectivity index (χ2v) is 24.2. The Hall–Kier alpha value is -9.70. The lowest BCUT2D eigenvalue weighted by molar-refractivity contribution is 0.333. The van der Waals surface area contributed by atoms with E-state index in [-0.39, 0.29) is 17.5 Å². The topological polar surface area (TPSA) is 6.48 Å². The molecule has 2 heterocycles. The number of benzene rings is 12. The lowest BCUT2D eigenvalue weighted by Gasteiger charge is -2.46. The third kappa shape index (κ3) is 8.48. The molecule has 0 unspecified atom stereocenters. The van der Waals surface area contributed by atoms with E-state index in [1.54, 1.807) is 0 Å². The highest BCUT2D eigenvalue weighted by Gasteiger charge is 2.46. The monoisotopic (exact) mass is 1060 g/mol. The van der Waals surface area contributed by atoms with E-state index in [0.29, 0.717) is 0 Å². The fraction of sp³-hybridized carbons (Fsp3) is 0.100. The molecule has 12 aromatic rings. The fourth-order valence-electron chi connectivity index (χ4n) is 14.2. The molecular formula is C80H63BN2. The normalized spacial score (nSPS) is 14.3. The van der Waals surface area contributed by atoms with Crippen molar-refractivity contribution in [3.8, 4) is 77.9 Å². The average molecular weight is 1060 g/mol. The van der Waals surface area contributed by atoms with Crippen molar-refractivity contribution in [3.63, 3.8) is 0 Å². The van der Waals surface area contributed by atoms with Crippen LogP contribution in [0.1, 0.15) is 51.7 Å². The first-order valence-corrected chi connectivity index (χ1v) is 29.5. The quantitative estimate of drug-likeness (QED) is 0.133. The van der Waals surface area contributed by atoms with E-state index < -0.39 is 0 Å². The zero-order chi connectivity index (χ0) is 55.8. The van der Waals surface area contributed by atoms with Crippen LogP contribution in [0.4, 0.5) is 34.1 Å². The molecule has 1 aliphatic carbocycles. The molecule has 396 valence electrons. The summed E-state index contributed by atoms with van der Waals surface area (Å²) in [6, 6.07) is 107. The minimum Gasteiger partial charge on any atom is -0.310 e. The number of para-hydroxylation sites is 2. The molecule has 0 saturated heterocycles. The van der Waals surface area contributed by atoms with E-state index in [1.165, 1.54) is 72.3 Å². The maximum atomic E-state index is 2.67. The van der Waals surface area contributed by atoms with Gasteiger partial charge in [0.15, 0.2) is 0 Å². The van der Waals surface area contributed by atoms with Crippen molar-refractivity contribution in [1.29, 1.82) is 0 Å².